The molecule has 1 atom stereocenters. The van der Waals surface area contributed by atoms with Crippen LogP contribution in [0, 0.1) is 0 Å². The molecular formula is C13H16N2O2. The predicted octanol–water partition coefficient (Wildman–Crippen LogP) is 2.53. The van der Waals surface area contributed by atoms with Crippen LogP contribution in [0.2, 0.25) is 0 Å². The molecule has 0 saturated carbocycles. The predicted molar refractivity (Wildman–Crippen MR) is 64.8 cm³/mol. The molecule has 2 aromatic heterocycles. The van der Waals surface area contributed by atoms with Gasteiger partial charge in [-0.2, -0.15) is 0 Å². The Labute approximate surface area is 101 Å². The van der Waals surface area contributed by atoms with E-state index in [9.17, 15) is 0 Å². The topological polar surface area (TPSA) is 47.3 Å². The Morgan fingerprint density at radius 3 is 2.88 bits per heavy atom. The normalized spacial score (nSPS) is 12.4. The summed E-state index contributed by atoms with van der Waals surface area (Å²) < 4.78 is 10.3. The number of hydrogen-bond donors (Lipinski definition) is 1. The highest BCUT2D eigenvalue weighted by molar-refractivity contribution is 5.17. The van der Waals surface area contributed by atoms with E-state index in [1.165, 1.54) is 0 Å². The number of ether oxygens (including phenoxy) is 1. The van der Waals surface area contributed by atoms with E-state index < -0.39 is 0 Å². The molecule has 4 nitrogen and oxygen atoms in total. The van der Waals surface area contributed by atoms with Gasteiger partial charge in [0.15, 0.2) is 0 Å². The molecule has 0 spiro atoms. The van der Waals surface area contributed by atoms with Crippen molar-refractivity contribution in [3.63, 3.8) is 0 Å². The fourth-order valence-electron chi connectivity index (χ4n) is 1.55. The molecule has 0 aromatic carbocycles. The van der Waals surface area contributed by atoms with Crippen molar-refractivity contribution in [2.24, 2.45) is 0 Å². The lowest BCUT2D eigenvalue weighted by molar-refractivity contribution is 0.397. The number of nitrogens with zero attached hydrogens (tertiary/aromatic N) is 1. The van der Waals surface area contributed by atoms with E-state index in [0.717, 1.165) is 17.9 Å². The summed E-state index contributed by atoms with van der Waals surface area (Å²) >= 11 is 0. The van der Waals surface area contributed by atoms with Gasteiger partial charge in [0.25, 0.3) is 0 Å². The Morgan fingerprint density at radius 2 is 2.29 bits per heavy atom. The van der Waals surface area contributed by atoms with Crippen molar-refractivity contribution in [3.8, 4) is 5.88 Å². The molecule has 17 heavy (non-hydrogen) atoms. The Morgan fingerprint density at radius 1 is 1.41 bits per heavy atom. The van der Waals surface area contributed by atoms with Gasteiger partial charge in [0.05, 0.1) is 19.4 Å². The van der Waals surface area contributed by atoms with Gasteiger partial charge in [-0.15, -0.1) is 0 Å². The first-order valence-corrected chi connectivity index (χ1v) is 5.55. The van der Waals surface area contributed by atoms with Crippen LogP contribution in [0.5, 0.6) is 5.88 Å². The Bertz CT molecular complexity index is 437. The quantitative estimate of drug-likeness (QED) is 0.860. The minimum atomic E-state index is 0.187. The van der Waals surface area contributed by atoms with Crippen molar-refractivity contribution in [2.75, 3.05) is 7.11 Å². The van der Waals surface area contributed by atoms with Gasteiger partial charge < -0.3 is 14.5 Å². The minimum absolute atomic E-state index is 0.187. The maximum atomic E-state index is 5.32. The first-order valence-electron chi connectivity index (χ1n) is 5.55. The monoisotopic (exact) mass is 232 g/mol. The second kappa shape index (κ2) is 5.50. The van der Waals surface area contributed by atoms with Crippen LogP contribution in [-0.4, -0.2) is 12.1 Å². The molecule has 4 heteroatoms. The molecule has 0 aliphatic carbocycles. The third-order valence-electron chi connectivity index (χ3n) is 2.59. The van der Waals surface area contributed by atoms with Gasteiger partial charge >= 0.3 is 0 Å². The Balaban J connectivity index is 1.89. The van der Waals surface area contributed by atoms with Crippen molar-refractivity contribution in [2.45, 2.75) is 19.5 Å². The average molecular weight is 232 g/mol. The molecule has 1 unspecified atom stereocenters. The van der Waals surface area contributed by atoms with E-state index in [2.05, 4.69) is 17.2 Å². The molecule has 2 aromatic rings. The first-order chi connectivity index (χ1) is 8.29. The Kier molecular flexibility index (Phi) is 3.77. The van der Waals surface area contributed by atoms with Gasteiger partial charge in [0.1, 0.15) is 5.76 Å². The summed E-state index contributed by atoms with van der Waals surface area (Å²) in [6, 6.07) is 7.89. The number of aromatic nitrogens is 1. The van der Waals surface area contributed by atoms with Crippen molar-refractivity contribution in [3.05, 3.63) is 48.0 Å². The van der Waals surface area contributed by atoms with E-state index in [-0.39, 0.29) is 6.04 Å². The third kappa shape index (κ3) is 3.07. The summed E-state index contributed by atoms with van der Waals surface area (Å²) in [4.78, 5) is 4.15. The maximum absolute atomic E-state index is 5.32. The summed E-state index contributed by atoms with van der Waals surface area (Å²) in [6.45, 7) is 2.81. The van der Waals surface area contributed by atoms with Crippen LogP contribution >= 0.6 is 0 Å². The minimum Gasteiger partial charge on any atom is -0.481 e. The Hall–Kier alpha value is -1.81. The number of rotatable bonds is 5. The lowest BCUT2D eigenvalue weighted by Gasteiger charge is -2.11. The summed E-state index contributed by atoms with van der Waals surface area (Å²) in [7, 11) is 1.61. The number of nitrogens with one attached hydrogen (secondary N) is 1. The zero-order chi connectivity index (χ0) is 12.1. The van der Waals surface area contributed by atoms with Gasteiger partial charge in [-0.3, -0.25) is 0 Å². The van der Waals surface area contributed by atoms with E-state index in [1.54, 1.807) is 19.6 Å². The largest absolute Gasteiger partial charge is 0.481 e. The zero-order valence-electron chi connectivity index (χ0n) is 10.0. The molecule has 2 rings (SSSR count). The number of furan rings is 1. The van der Waals surface area contributed by atoms with Gasteiger partial charge in [0.2, 0.25) is 5.88 Å². The fraction of sp³-hybridized carbons (Fsp3) is 0.308. The summed E-state index contributed by atoms with van der Waals surface area (Å²) in [6.07, 6.45) is 3.49. The van der Waals surface area contributed by atoms with Gasteiger partial charge in [-0.05, 0) is 24.6 Å². The number of pyridine rings is 1. The van der Waals surface area contributed by atoms with Crippen LogP contribution in [-0.2, 0) is 6.54 Å². The van der Waals surface area contributed by atoms with E-state index in [4.69, 9.17) is 9.15 Å². The van der Waals surface area contributed by atoms with Crippen molar-refractivity contribution in [1.82, 2.24) is 10.3 Å². The molecular weight excluding hydrogens is 216 g/mol. The van der Waals surface area contributed by atoms with E-state index in [0.29, 0.717) is 5.88 Å². The van der Waals surface area contributed by atoms with Crippen LogP contribution in [0.3, 0.4) is 0 Å². The highest BCUT2D eigenvalue weighted by atomic mass is 16.5. The van der Waals surface area contributed by atoms with Crippen LogP contribution in [0.4, 0.5) is 0 Å². The fourth-order valence-corrected chi connectivity index (χ4v) is 1.55. The molecule has 0 bridgehead atoms. The van der Waals surface area contributed by atoms with Gasteiger partial charge in [0, 0.05) is 18.8 Å². The van der Waals surface area contributed by atoms with Crippen LogP contribution in [0.25, 0.3) is 0 Å². The lowest BCUT2D eigenvalue weighted by Crippen LogP contribution is -2.17. The number of methoxy groups -OCH3 is 1. The summed E-state index contributed by atoms with van der Waals surface area (Å²) in [5.74, 6) is 1.57. The highest BCUT2D eigenvalue weighted by Crippen LogP contribution is 2.13. The van der Waals surface area contributed by atoms with Crippen LogP contribution in [0.1, 0.15) is 24.3 Å². The molecule has 90 valence electrons. The van der Waals surface area contributed by atoms with Crippen molar-refractivity contribution >= 4 is 0 Å². The standard InChI is InChI=1S/C13H16N2O2/c1-10(12-4-3-7-17-12)14-8-11-5-6-13(16-2)15-9-11/h3-7,9-10,14H,8H2,1-2H3. The lowest BCUT2D eigenvalue weighted by atomic mass is 10.2. The van der Waals surface area contributed by atoms with Crippen LogP contribution < -0.4 is 10.1 Å². The highest BCUT2D eigenvalue weighted by Gasteiger charge is 2.07. The molecule has 0 fully saturated rings. The smallest absolute Gasteiger partial charge is 0.212 e. The first kappa shape index (κ1) is 11.7. The third-order valence-corrected chi connectivity index (χ3v) is 2.59. The summed E-state index contributed by atoms with van der Waals surface area (Å²) in [5, 5.41) is 3.36. The van der Waals surface area contributed by atoms with E-state index >= 15 is 0 Å². The van der Waals surface area contributed by atoms with Crippen LogP contribution in [0.15, 0.2) is 41.1 Å². The SMILES string of the molecule is COc1ccc(CNC(C)c2ccco2)cn1. The molecule has 1 N–H and O–H groups in total. The molecule has 0 aliphatic rings. The van der Waals surface area contributed by atoms with Crippen molar-refractivity contribution < 1.29 is 9.15 Å². The maximum Gasteiger partial charge on any atom is 0.212 e. The van der Waals surface area contributed by atoms with Gasteiger partial charge in [-0.25, -0.2) is 4.98 Å². The molecule has 0 radical (unpaired) electrons. The molecule has 0 amide bonds. The molecule has 0 aliphatic heterocycles. The second-order valence-corrected chi connectivity index (χ2v) is 3.83. The van der Waals surface area contributed by atoms with Gasteiger partial charge in [-0.1, -0.05) is 6.07 Å². The molecule has 0 saturated heterocycles. The zero-order valence-corrected chi connectivity index (χ0v) is 10.0. The second-order valence-electron chi connectivity index (χ2n) is 3.83. The average Bonchev–Trinajstić information content (AvgIpc) is 2.90. The number of hydrogen-bond acceptors (Lipinski definition) is 4. The van der Waals surface area contributed by atoms with E-state index in [1.807, 2.05) is 24.3 Å². The van der Waals surface area contributed by atoms with Crippen molar-refractivity contribution in [1.29, 1.82) is 0 Å². The molecule has 2 heterocycles. The summed E-state index contributed by atoms with van der Waals surface area (Å²) in [5.41, 5.74) is 1.12.